The Labute approximate surface area is 185 Å². The van der Waals surface area contributed by atoms with Crippen LogP contribution in [0, 0.1) is 5.92 Å². The number of hydrogen-bond donors (Lipinski definition) is 0. The summed E-state index contributed by atoms with van der Waals surface area (Å²) in [6.45, 7) is 1.62. The molecule has 2 fully saturated rings. The Balaban J connectivity index is 1.39. The van der Waals surface area contributed by atoms with Crippen LogP contribution >= 0.6 is 0 Å². The number of fused-ring (bicyclic) bond motifs is 2. The Kier molecular flexibility index (Phi) is 5.61. The summed E-state index contributed by atoms with van der Waals surface area (Å²) < 4.78 is 28.3. The average Bonchev–Trinajstić information content (AvgIpc) is 2.83. The van der Waals surface area contributed by atoms with Crippen LogP contribution in [0.15, 0.2) is 53.4 Å². The predicted octanol–water partition coefficient (Wildman–Crippen LogP) is 4.23. The summed E-state index contributed by atoms with van der Waals surface area (Å²) in [4.78, 5) is 15.6. The summed E-state index contributed by atoms with van der Waals surface area (Å²) >= 11 is 0. The van der Waals surface area contributed by atoms with E-state index in [1.165, 1.54) is 35.6 Å². The first-order valence-corrected chi connectivity index (χ1v) is 13.0. The zero-order chi connectivity index (χ0) is 21.4. The molecule has 6 heteroatoms. The second-order valence-electron chi connectivity index (χ2n) is 9.14. The van der Waals surface area contributed by atoms with Gasteiger partial charge in [0.1, 0.15) is 0 Å². The van der Waals surface area contributed by atoms with Gasteiger partial charge >= 0.3 is 0 Å². The van der Waals surface area contributed by atoms with Crippen LogP contribution in [-0.2, 0) is 23.0 Å². The van der Waals surface area contributed by atoms with Gasteiger partial charge in [-0.25, -0.2) is 8.42 Å². The third-order valence-corrected chi connectivity index (χ3v) is 9.16. The van der Waals surface area contributed by atoms with E-state index in [9.17, 15) is 13.2 Å². The molecule has 0 spiro atoms. The Morgan fingerprint density at radius 3 is 2.52 bits per heavy atom. The molecule has 5 nitrogen and oxygen atoms in total. The van der Waals surface area contributed by atoms with Crippen LogP contribution in [0.2, 0.25) is 0 Å². The van der Waals surface area contributed by atoms with Crippen molar-refractivity contribution in [3.05, 3.63) is 65.2 Å². The van der Waals surface area contributed by atoms with E-state index in [4.69, 9.17) is 0 Å². The van der Waals surface area contributed by atoms with Gasteiger partial charge in [-0.3, -0.25) is 4.79 Å². The van der Waals surface area contributed by atoms with Crippen molar-refractivity contribution in [1.82, 2.24) is 9.21 Å². The second kappa shape index (κ2) is 8.40. The molecule has 0 radical (unpaired) electrons. The number of carbonyl (C=O) groups excluding carboxylic acids is 1. The Hall–Kier alpha value is -2.18. The lowest BCUT2D eigenvalue weighted by Gasteiger charge is -2.44. The van der Waals surface area contributed by atoms with Crippen molar-refractivity contribution >= 4 is 15.9 Å². The molecular formula is C25H30N2O3S. The van der Waals surface area contributed by atoms with Crippen molar-refractivity contribution in [3.63, 3.8) is 0 Å². The van der Waals surface area contributed by atoms with Crippen LogP contribution in [-0.4, -0.2) is 42.7 Å². The fourth-order valence-corrected chi connectivity index (χ4v) is 7.12. The Morgan fingerprint density at radius 2 is 1.65 bits per heavy atom. The molecule has 5 rings (SSSR count). The molecule has 2 aromatic carbocycles. The molecule has 2 aliphatic heterocycles. The monoisotopic (exact) mass is 438 g/mol. The van der Waals surface area contributed by atoms with Gasteiger partial charge < -0.3 is 4.90 Å². The summed E-state index contributed by atoms with van der Waals surface area (Å²) in [6.07, 6.45) is 7.68. The van der Waals surface area contributed by atoms with Gasteiger partial charge in [-0.15, -0.1) is 0 Å². The average molecular weight is 439 g/mol. The second-order valence-corrected chi connectivity index (χ2v) is 11.1. The van der Waals surface area contributed by atoms with E-state index in [0.29, 0.717) is 37.0 Å². The lowest BCUT2D eigenvalue weighted by Crippen LogP contribution is -2.49. The highest BCUT2D eigenvalue weighted by molar-refractivity contribution is 7.89. The molecule has 2 aromatic rings. The van der Waals surface area contributed by atoms with Gasteiger partial charge in [0.15, 0.2) is 0 Å². The number of likely N-dealkylation sites (tertiary alicyclic amines) is 1. The van der Waals surface area contributed by atoms with Crippen LogP contribution in [0.1, 0.15) is 60.0 Å². The largest absolute Gasteiger partial charge is 0.335 e. The maximum Gasteiger partial charge on any atom is 0.254 e. The maximum absolute atomic E-state index is 13.4. The highest BCUT2D eigenvalue weighted by Crippen LogP contribution is 2.36. The smallest absolute Gasteiger partial charge is 0.254 e. The van der Waals surface area contributed by atoms with Gasteiger partial charge in [-0.05, 0) is 67.3 Å². The Bertz CT molecular complexity index is 1080. The summed E-state index contributed by atoms with van der Waals surface area (Å²) in [5.41, 5.74) is 2.76. The van der Waals surface area contributed by atoms with Crippen molar-refractivity contribution in [1.29, 1.82) is 0 Å². The molecule has 3 aliphatic rings. The highest BCUT2D eigenvalue weighted by atomic mass is 32.2. The molecule has 0 N–H and O–H groups in total. The molecule has 2 atom stereocenters. The van der Waals surface area contributed by atoms with Crippen molar-refractivity contribution in [2.75, 3.05) is 13.1 Å². The van der Waals surface area contributed by atoms with E-state index in [-0.39, 0.29) is 10.8 Å². The molecule has 1 saturated carbocycles. The lowest BCUT2D eigenvalue weighted by molar-refractivity contribution is 0.0390. The van der Waals surface area contributed by atoms with Crippen LogP contribution in [0.3, 0.4) is 0 Å². The summed E-state index contributed by atoms with van der Waals surface area (Å²) in [7, 11) is -3.65. The number of sulfonamides is 1. The van der Waals surface area contributed by atoms with Gasteiger partial charge in [0.05, 0.1) is 4.90 Å². The van der Waals surface area contributed by atoms with E-state index in [1.54, 1.807) is 24.3 Å². The van der Waals surface area contributed by atoms with E-state index in [0.717, 1.165) is 24.9 Å². The number of rotatable bonds is 3. The SMILES string of the molecule is O=C(c1cccc(S(=O)(=O)N2CCc3ccccc3C2)c1)N1CCCC2CCCCC21. The molecular weight excluding hydrogens is 408 g/mol. The number of hydrogen-bond acceptors (Lipinski definition) is 3. The minimum absolute atomic E-state index is 0.0161. The van der Waals surface area contributed by atoms with Gasteiger partial charge in [0, 0.05) is 31.2 Å². The zero-order valence-corrected chi connectivity index (χ0v) is 18.7. The number of amides is 1. The van der Waals surface area contributed by atoms with Crippen LogP contribution in [0.4, 0.5) is 0 Å². The zero-order valence-electron chi connectivity index (χ0n) is 17.9. The summed E-state index contributed by atoms with van der Waals surface area (Å²) in [6, 6.07) is 15.0. The number of piperidine rings is 1. The fraction of sp³-hybridized carbons (Fsp3) is 0.480. The standard InChI is InChI=1S/C25H30N2O3S/c28-25(27-15-6-11-20-8-3-4-13-24(20)27)21-10-5-12-23(17-21)31(29,30)26-16-14-19-7-1-2-9-22(19)18-26/h1-2,5,7,9-10,12,17,20,24H,3-4,6,8,11,13-16,18H2. The molecule has 1 amide bonds. The lowest BCUT2D eigenvalue weighted by atomic mass is 9.78. The summed E-state index contributed by atoms with van der Waals surface area (Å²) in [5.74, 6) is 0.587. The molecule has 0 aromatic heterocycles. The predicted molar refractivity (Wildman–Crippen MR) is 120 cm³/mol. The minimum atomic E-state index is -3.65. The number of benzene rings is 2. The molecule has 2 unspecified atom stereocenters. The third kappa shape index (κ3) is 3.92. The first-order valence-electron chi connectivity index (χ1n) is 11.5. The fourth-order valence-electron chi connectivity index (χ4n) is 5.66. The molecule has 2 heterocycles. The Morgan fingerprint density at radius 1 is 0.871 bits per heavy atom. The maximum atomic E-state index is 13.4. The number of nitrogens with zero attached hydrogens (tertiary/aromatic N) is 2. The van der Waals surface area contributed by atoms with Crippen molar-refractivity contribution in [3.8, 4) is 0 Å². The first-order chi connectivity index (χ1) is 15.0. The van der Waals surface area contributed by atoms with Crippen LogP contribution in [0.5, 0.6) is 0 Å². The van der Waals surface area contributed by atoms with Crippen molar-refractivity contribution in [2.24, 2.45) is 5.92 Å². The highest BCUT2D eigenvalue weighted by Gasteiger charge is 2.36. The normalized spacial score (nSPS) is 24.3. The van der Waals surface area contributed by atoms with Crippen molar-refractivity contribution < 1.29 is 13.2 Å². The molecule has 1 aliphatic carbocycles. The first kappa shape index (κ1) is 20.7. The molecule has 164 valence electrons. The third-order valence-electron chi connectivity index (χ3n) is 7.32. The molecule has 31 heavy (non-hydrogen) atoms. The van der Waals surface area contributed by atoms with E-state index in [1.807, 2.05) is 23.1 Å². The van der Waals surface area contributed by atoms with E-state index in [2.05, 4.69) is 6.07 Å². The minimum Gasteiger partial charge on any atom is -0.335 e. The van der Waals surface area contributed by atoms with Gasteiger partial charge in [-0.2, -0.15) is 4.31 Å². The van der Waals surface area contributed by atoms with Crippen LogP contribution < -0.4 is 0 Å². The van der Waals surface area contributed by atoms with Gasteiger partial charge in [0.2, 0.25) is 10.0 Å². The van der Waals surface area contributed by atoms with Gasteiger partial charge in [-0.1, -0.05) is 43.2 Å². The van der Waals surface area contributed by atoms with Crippen molar-refractivity contribution in [2.45, 2.75) is 62.4 Å². The molecule has 1 saturated heterocycles. The topological polar surface area (TPSA) is 57.7 Å². The van der Waals surface area contributed by atoms with E-state index < -0.39 is 10.0 Å². The van der Waals surface area contributed by atoms with E-state index >= 15 is 0 Å². The van der Waals surface area contributed by atoms with Gasteiger partial charge in [0.25, 0.3) is 5.91 Å². The summed E-state index contributed by atoms with van der Waals surface area (Å²) in [5, 5.41) is 0. The molecule has 0 bridgehead atoms. The van der Waals surface area contributed by atoms with Crippen LogP contribution in [0.25, 0.3) is 0 Å². The quantitative estimate of drug-likeness (QED) is 0.721. The number of carbonyl (C=O) groups is 1.